The lowest BCUT2D eigenvalue weighted by Gasteiger charge is -2.29. The van der Waals surface area contributed by atoms with Gasteiger partial charge in [-0.1, -0.05) is 19.8 Å². The average Bonchev–Trinajstić information content (AvgIpc) is 2.59. The number of hydrogen-bond acceptors (Lipinski definition) is 3. The van der Waals surface area contributed by atoms with Gasteiger partial charge in [0.1, 0.15) is 11.7 Å². The Balaban J connectivity index is 2.22. The van der Waals surface area contributed by atoms with Crippen molar-refractivity contribution in [2.75, 3.05) is 0 Å². The number of fused-ring (bicyclic) bond motifs is 1. The second kappa shape index (κ2) is 3.21. The minimum Gasteiger partial charge on any atom is -0.341 e. The smallest absolute Gasteiger partial charge is 0.189 e. The molecule has 0 saturated carbocycles. The fourth-order valence-electron chi connectivity index (χ4n) is 2.44. The standard InChI is InChI=1S/C12H18O3/c1-6-12(7-2)8(3)9-10(15-12)14-11(4,5)13-9/h1,8-10H,7H2,2-5H3/t8-,9+,10-,12+/m0/s1. The van der Waals surface area contributed by atoms with Gasteiger partial charge in [-0.15, -0.1) is 6.42 Å². The van der Waals surface area contributed by atoms with Crippen LogP contribution in [0.25, 0.3) is 0 Å². The van der Waals surface area contributed by atoms with Crippen LogP contribution in [0.3, 0.4) is 0 Å². The molecule has 0 aromatic heterocycles. The molecule has 0 spiro atoms. The van der Waals surface area contributed by atoms with Crippen LogP contribution in [-0.2, 0) is 14.2 Å². The molecular weight excluding hydrogens is 192 g/mol. The molecule has 0 aliphatic carbocycles. The van der Waals surface area contributed by atoms with Gasteiger partial charge in [0.2, 0.25) is 0 Å². The summed E-state index contributed by atoms with van der Waals surface area (Å²) in [7, 11) is 0. The van der Waals surface area contributed by atoms with Gasteiger partial charge in [0.25, 0.3) is 0 Å². The molecule has 0 unspecified atom stereocenters. The highest BCUT2D eigenvalue weighted by Gasteiger charge is 2.58. The van der Waals surface area contributed by atoms with Crippen molar-refractivity contribution >= 4 is 0 Å². The van der Waals surface area contributed by atoms with E-state index in [-0.39, 0.29) is 18.3 Å². The molecule has 2 fully saturated rings. The molecule has 0 amide bonds. The largest absolute Gasteiger partial charge is 0.341 e. The van der Waals surface area contributed by atoms with Crippen LogP contribution in [0.5, 0.6) is 0 Å². The van der Waals surface area contributed by atoms with Gasteiger partial charge >= 0.3 is 0 Å². The van der Waals surface area contributed by atoms with E-state index in [9.17, 15) is 0 Å². The molecule has 0 aromatic rings. The molecule has 0 N–H and O–H groups in total. The van der Waals surface area contributed by atoms with Crippen molar-refractivity contribution in [2.45, 2.75) is 57.9 Å². The summed E-state index contributed by atoms with van der Waals surface area (Å²) in [5.41, 5.74) is -0.522. The molecule has 3 heteroatoms. The normalized spacial score (nSPS) is 47.5. The Kier molecular flexibility index (Phi) is 2.34. The zero-order chi connectivity index (χ0) is 11.3. The van der Waals surface area contributed by atoms with Crippen molar-refractivity contribution in [2.24, 2.45) is 5.92 Å². The van der Waals surface area contributed by atoms with Gasteiger partial charge in [0, 0.05) is 5.92 Å². The summed E-state index contributed by atoms with van der Waals surface area (Å²) >= 11 is 0. The summed E-state index contributed by atoms with van der Waals surface area (Å²) in [5.74, 6) is 2.36. The lowest BCUT2D eigenvalue weighted by atomic mass is 9.86. The minimum absolute atomic E-state index is 0.0454. The average molecular weight is 210 g/mol. The van der Waals surface area contributed by atoms with Crippen LogP contribution in [0.1, 0.15) is 34.1 Å². The van der Waals surface area contributed by atoms with Gasteiger partial charge in [-0.3, -0.25) is 0 Å². The molecule has 0 aromatic carbocycles. The Labute approximate surface area is 91.1 Å². The van der Waals surface area contributed by atoms with Crippen LogP contribution in [0, 0.1) is 18.3 Å². The molecule has 0 bridgehead atoms. The van der Waals surface area contributed by atoms with E-state index in [1.165, 1.54) is 0 Å². The van der Waals surface area contributed by atoms with Crippen LogP contribution in [0.4, 0.5) is 0 Å². The van der Waals surface area contributed by atoms with E-state index < -0.39 is 11.4 Å². The second-order valence-corrected chi connectivity index (χ2v) is 4.76. The molecule has 3 nitrogen and oxygen atoms in total. The Bertz CT molecular complexity index is 304. The summed E-state index contributed by atoms with van der Waals surface area (Å²) in [5, 5.41) is 0. The van der Waals surface area contributed by atoms with Crippen molar-refractivity contribution in [1.82, 2.24) is 0 Å². The van der Waals surface area contributed by atoms with Crippen LogP contribution in [0.2, 0.25) is 0 Å². The van der Waals surface area contributed by atoms with Crippen molar-refractivity contribution in [3.05, 3.63) is 0 Å². The maximum absolute atomic E-state index is 5.84. The van der Waals surface area contributed by atoms with Gasteiger partial charge in [-0.2, -0.15) is 0 Å². The fraction of sp³-hybridized carbons (Fsp3) is 0.833. The highest BCUT2D eigenvalue weighted by atomic mass is 16.8. The van der Waals surface area contributed by atoms with E-state index in [2.05, 4.69) is 12.8 Å². The van der Waals surface area contributed by atoms with Gasteiger partial charge in [-0.25, -0.2) is 0 Å². The van der Waals surface area contributed by atoms with E-state index in [1.54, 1.807) is 0 Å². The van der Waals surface area contributed by atoms with Gasteiger partial charge < -0.3 is 14.2 Å². The highest BCUT2D eigenvalue weighted by Crippen LogP contribution is 2.46. The molecule has 84 valence electrons. The SMILES string of the molecule is C#C[C@]1(CC)O[C@@H]2OC(C)(C)O[C@@H]2[C@@H]1C. The first-order chi connectivity index (χ1) is 6.94. The quantitative estimate of drug-likeness (QED) is 0.619. The van der Waals surface area contributed by atoms with Crippen LogP contribution >= 0.6 is 0 Å². The van der Waals surface area contributed by atoms with Crippen molar-refractivity contribution in [3.63, 3.8) is 0 Å². The van der Waals surface area contributed by atoms with E-state index in [0.29, 0.717) is 0 Å². The number of hydrogen-bond donors (Lipinski definition) is 0. The molecule has 15 heavy (non-hydrogen) atoms. The van der Waals surface area contributed by atoms with Gasteiger partial charge in [0.05, 0.1) is 0 Å². The Hall–Kier alpha value is -0.560. The summed E-state index contributed by atoms with van der Waals surface area (Å²) < 4.78 is 17.3. The van der Waals surface area contributed by atoms with Crippen LogP contribution in [0.15, 0.2) is 0 Å². The maximum atomic E-state index is 5.84. The summed E-state index contributed by atoms with van der Waals surface area (Å²) in [6, 6.07) is 0. The Morgan fingerprint density at radius 3 is 2.40 bits per heavy atom. The van der Waals surface area contributed by atoms with Crippen LogP contribution in [-0.4, -0.2) is 23.8 Å². The van der Waals surface area contributed by atoms with E-state index >= 15 is 0 Å². The molecule has 2 saturated heterocycles. The van der Waals surface area contributed by atoms with E-state index in [1.807, 2.05) is 20.8 Å². The fourth-order valence-corrected chi connectivity index (χ4v) is 2.44. The third-order valence-corrected chi connectivity index (χ3v) is 3.41. The summed E-state index contributed by atoms with van der Waals surface area (Å²) in [6.07, 6.45) is 5.98. The lowest BCUT2D eigenvalue weighted by Crippen LogP contribution is -2.37. The second-order valence-electron chi connectivity index (χ2n) is 4.76. The van der Waals surface area contributed by atoms with Gasteiger partial charge in [-0.05, 0) is 20.3 Å². The molecule has 0 radical (unpaired) electrons. The first kappa shape index (κ1) is 10.9. The first-order valence-electron chi connectivity index (χ1n) is 5.45. The van der Waals surface area contributed by atoms with Crippen LogP contribution < -0.4 is 0 Å². The van der Waals surface area contributed by atoms with Crippen molar-refractivity contribution in [1.29, 1.82) is 0 Å². The van der Waals surface area contributed by atoms with E-state index in [0.717, 1.165) is 6.42 Å². The molecule has 2 rings (SSSR count). The molecule has 2 aliphatic heterocycles. The lowest BCUT2D eigenvalue weighted by molar-refractivity contribution is -0.221. The maximum Gasteiger partial charge on any atom is 0.189 e. The predicted octanol–water partition coefficient (Wildman–Crippen LogP) is 1.91. The van der Waals surface area contributed by atoms with Crippen molar-refractivity contribution in [3.8, 4) is 12.3 Å². The predicted molar refractivity (Wildman–Crippen MR) is 55.9 cm³/mol. The van der Waals surface area contributed by atoms with Crippen molar-refractivity contribution < 1.29 is 14.2 Å². The molecule has 2 aliphatic rings. The Morgan fingerprint density at radius 2 is 1.93 bits per heavy atom. The zero-order valence-corrected chi connectivity index (χ0v) is 9.74. The monoisotopic (exact) mass is 210 g/mol. The molecule has 2 heterocycles. The first-order valence-corrected chi connectivity index (χ1v) is 5.45. The van der Waals surface area contributed by atoms with Gasteiger partial charge in [0.15, 0.2) is 12.1 Å². The Morgan fingerprint density at radius 1 is 1.27 bits per heavy atom. The molecule has 4 atom stereocenters. The molecular formula is C12H18O3. The third kappa shape index (κ3) is 1.48. The number of ether oxygens (including phenoxy) is 3. The highest BCUT2D eigenvalue weighted by molar-refractivity contribution is 5.16. The zero-order valence-electron chi connectivity index (χ0n) is 9.74. The summed E-state index contributed by atoms with van der Waals surface area (Å²) in [4.78, 5) is 0. The minimum atomic E-state index is -0.557. The summed E-state index contributed by atoms with van der Waals surface area (Å²) in [6.45, 7) is 7.89. The third-order valence-electron chi connectivity index (χ3n) is 3.41. The topological polar surface area (TPSA) is 27.7 Å². The number of rotatable bonds is 1. The van der Waals surface area contributed by atoms with E-state index in [4.69, 9.17) is 20.6 Å². The number of terminal acetylenes is 1.